The van der Waals surface area contributed by atoms with Crippen LogP contribution in [0.5, 0.6) is 5.75 Å². The molecule has 5 heteroatoms. The van der Waals surface area contributed by atoms with Crippen LogP contribution in [0.4, 0.5) is 5.69 Å². The highest BCUT2D eigenvalue weighted by atomic mass is 16.5. The Hall–Kier alpha value is -3.08. The number of carbonyl (C=O) groups is 2. The summed E-state index contributed by atoms with van der Waals surface area (Å²) < 4.78 is 6.00. The summed E-state index contributed by atoms with van der Waals surface area (Å²) in [5, 5.41) is 3.09. The third-order valence-corrected chi connectivity index (χ3v) is 5.91. The van der Waals surface area contributed by atoms with E-state index in [4.69, 9.17) is 4.74 Å². The van der Waals surface area contributed by atoms with Gasteiger partial charge in [0.05, 0.1) is 5.69 Å². The maximum atomic E-state index is 13.4. The van der Waals surface area contributed by atoms with Crippen LogP contribution in [0.25, 0.3) is 6.08 Å². The molecule has 2 aromatic rings. The van der Waals surface area contributed by atoms with Gasteiger partial charge in [-0.3, -0.25) is 14.5 Å². The minimum atomic E-state index is -0.302. The van der Waals surface area contributed by atoms with E-state index in [0.717, 1.165) is 36.8 Å². The quantitative estimate of drug-likeness (QED) is 0.725. The fraction of sp³-hybridized carbons (Fsp3) is 0.385. The molecule has 2 amide bonds. The zero-order chi connectivity index (χ0) is 22.0. The number of ether oxygens (including phenoxy) is 1. The number of hydrogen-bond donors (Lipinski definition) is 1. The molecule has 1 N–H and O–H groups in total. The number of anilines is 1. The van der Waals surface area contributed by atoms with E-state index in [1.165, 1.54) is 0 Å². The van der Waals surface area contributed by atoms with E-state index in [1.807, 2.05) is 48.5 Å². The van der Waals surface area contributed by atoms with Crippen molar-refractivity contribution in [3.8, 4) is 5.75 Å². The Kier molecular flexibility index (Phi) is 5.86. The lowest BCUT2D eigenvalue weighted by Crippen LogP contribution is -2.46. The number of nitrogens with one attached hydrogen (secondary N) is 1. The monoisotopic (exact) mass is 418 g/mol. The van der Waals surface area contributed by atoms with Crippen molar-refractivity contribution in [2.45, 2.75) is 57.9 Å². The minimum Gasteiger partial charge on any atom is -0.449 e. The van der Waals surface area contributed by atoms with Gasteiger partial charge >= 0.3 is 0 Å². The molecule has 5 nitrogen and oxygen atoms in total. The third kappa shape index (κ3) is 4.82. The predicted octanol–water partition coefficient (Wildman–Crippen LogP) is 4.81. The highest BCUT2D eigenvalue weighted by molar-refractivity contribution is 6.12. The number of rotatable bonds is 4. The second-order valence-electron chi connectivity index (χ2n) is 9.39. The van der Waals surface area contributed by atoms with Gasteiger partial charge in [-0.15, -0.1) is 0 Å². The van der Waals surface area contributed by atoms with Crippen LogP contribution in [0.15, 0.2) is 54.3 Å². The van der Waals surface area contributed by atoms with Crippen molar-refractivity contribution in [2.24, 2.45) is 0 Å². The van der Waals surface area contributed by atoms with Crippen LogP contribution < -0.4 is 15.0 Å². The molecule has 4 rings (SSSR count). The summed E-state index contributed by atoms with van der Waals surface area (Å²) >= 11 is 0. The van der Waals surface area contributed by atoms with E-state index in [-0.39, 0.29) is 35.6 Å². The fourth-order valence-electron chi connectivity index (χ4n) is 4.12. The van der Waals surface area contributed by atoms with Crippen molar-refractivity contribution < 1.29 is 14.3 Å². The van der Waals surface area contributed by atoms with Crippen LogP contribution in [0.3, 0.4) is 0 Å². The SMILES string of the molecule is CC(C)(C)c1ccc2c(c1)N(CC(=O)NC1CCCC1)C(=O)/C(=C/c1ccccc1)O2. The van der Waals surface area contributed by atoms with Gasteiger partial charge in [0.1, 0.15) is 6.54 Å². The molecule has 0 bridgehead atoms. The van der Waals surface area contributed by atoms with Gasteiger partial charge in [0, 0.05) is 6.04 Å². The lowest BCUT2D eigenvalue weighted by atomic mass is 9.86. The van der Waals surface area contributed by atoms with Gasteiger partial charge in [0.15, 0.2) is 11.5 Å². The molecule has 1 fully saturated rings. The van der Waals surface area contributed by atoms with Crippen LogP contribution >= 0.6 is 0 Å². The normalized spacial score (nSPS) is 18.1. The van der Waals surface area contributed by atoms with Gasteiger partial charge in [-0.1, -0.05) is 70.0 Å². The summed E-state index contributed by atoms with van der Waals surface area (Å²) in [6.07, 6.45) is 6.02. The Labute approximate surface area is 184 Å². The smallest absolute Gasteiger partial charge is 0.294 e. The Morgan fingerprint density at radius 1 is 1.13 bits per heavy atom. The van der Waals surface area contributed by atoms with Gasteiger partial charge in [0.25, 0.3) is 5.91 Å². The number of fused-ring (bicyclic) bond motifs is 1. The highest BCUT2D eigenvalue weighted by Crippen LogP contribution is 2.39. The summed E-state index contributed by atoms with van der Waals surface area (Å²) in [4.78, 5) is 27.7. The molecule has 0 unspecified atom stereocenters. The van der Waals surface area contributed by atoms with Crippen molar-refractivity contribution >= 4 is 23.6 Å². The first-order valence-corrected chi connectivity index (χ1v) is 11.0. The standard InChI is InChI=1S/C26H30N2O3/c1-26(2,3)19-13-14-22-21(16-19)28(17-24(29)27-20-11-7-8-12-20)25(30)23(31-22)15-18-9-5-4-6-10-18/h4-6,9-10,13-16,20H,7-8,11-12,17H2,1-3H3,(H,27,29)/b23-15-. The highest BCUT2D eigenvalue weighted by Gasteiger charge is 2.33. The lowest BCUT2D eigenvalue weighted by molar-refractivity contribution is -0.123. The van der Waals surface area contributed by atoms with E-state index in [2.05, 4.69) is 26.1 Å². The summed E-state index contributed by atoms with van der Waals surface area (Å²) in [6, 6.07) is 15.7. The average Bonchev–Trinajstić information content (AvgIpc) is 3.24. The molecule has 1 aliphatic carbocycles. The van der Waals surface area contributed by atoms with Gasteiger partial charge < -0.3 is 10.1 Å². The zero-order valence-electron chi connectivity index (χ0n) is 18.5. The third-order valence-electron chi connectivity index (χ3n) is 5.91. The van der Waals surface area contributed by atoms with E-state index in [0.29, 0.717) is 11.4 Å². The van der Waals surface area contributed by atoms with Crippen LogP contribution in [-0.4, -0.2) is 24.4 Å². The summed E-state index contributed by atoms with van der Waals surface area (Å²) in [6.45, 7) is 6.35. The molecule has 1 saturated carbocycles. The second-order valence-corrected chi connectivity index (χ2v) is 9.39. The molecule has 2 aromatic carbocycles. The Bertz CT molecular complexity index is 999. The van der Waals surface area contributed by atoms with Crippen LogP contribution in [-0.2, 0) is 15.0 Å². The first kappa shape index (κ1) is 21.2. The molecule has 0 atom stereocenters. The summed E-state index contributed by atoms with van der Waals surface area (Å²) in [5.41, 5.74) is 2.51. The zero-order valence-corrected chi connectivity index (χ0v) is 18.5. The summed E-state index contributed by atoms with van der Waals surface area (Å²) in [5.74, 6) is 0.372. The first-order chi connectivity index (χ1) is 14.8. The van der Waals surface area contributed by atoms with Gasteiger partial charge in [-0.25, -0.2) is 0 Å². The van der Waals surface area contributed by atoms with Crippen LogP contribution in [0.2, 0.25) is 0 Å². The van der Waals surface area contributed by atoms with E-state index in [9.17, 15) is 9.59 Å². The van der Waals surface area contributed by atoms with Gasteiger partial charge in [-0.05, 0) is 47.6 Å². The van der Waals surface area contributed by atoms with Crippen LogP contribution in [0, 0.1) is 0 Å². The molecule has 0 aromatic heterocycles. The molecule has 162 valence electrons. The largest absolute Gasteiger partial charge is 0.449 e. The molecule has 0 saturated heterocycles. The molecular formula is C26H30N2O3. The van der Waals surface area contributed by atoms with Crippen molar-refractivity contribution in [1.29, 1.82) is 0 Å². The maximum absolute atomic E-state index is 13.4. The molecule has 1 heterocycles. The lowest BCUT2D eigenvalue weighted by Gasteiger charge is -2.32. The van der Waals surface area contributed by atoms with E-state index < -0.39 is 0 Å². The maximum Gasteiger partial charge on any atom is 0.294 e. The second kappa shape index (κ2) is 8.58. The number of benzene rings is 2. The molecule has 2 aliphatic rings. The number of nitrogens with zero attached hydrogens (tertiary/aromatic N) is 1. The van der Waals surface area contributed by atoms with Crippen molar-refractivity contribution in [3.63, 3.8) is 0 Å². The molecule has 0 spiro atoms. The molecule has 31 heavy (non-hydrogen) atoms. The van der Waals surface area contributed by atoms with Crippen molar-refractivity contribution in [3.05, 3.63) is 65.4 Å². The van der Waals surface area contributed by atoms with E-state index in [1.54, 1.807) is 11.0 Å². The minimum absolute atomic E-state index is 0.0224. The number of amides is 2. The molecule has 1 aliphatic heterocycles. The summed E-state index contributed by atoms with van der Waals surface area (Å²) in [7, 11) is 0. The van der Waals surface area contributed by atoms with E-state index >= 15 is 0 Å². The fourth-order valence-corrected chi connectivity index (χ4v) is 4.12. The van der Waals surface area contributed by atoms with Gasteiger partial charge in [-0.2, -0.15) is 0 Å². The first-order valence-electron chi connectivity index (χ1n) is 11.0. The Morgan fingerprint density at radius 2 is 1.84 bits per heavy atom. The van der Waals surface area contributed by atoms with Gasteiger partial charge in [0.2, 0.25) is 5.91 Å². The Balaban J connectivity index is 1.68. The number of carbonyl (C=O) groups excluding carboxylic acids is 2. The molecule has 0 radical (unpaired) electrons. The van der Waals surface area contributed by atoms with Crippen molar-refractivity contribution in [1.82, 2.24) is 5.32 Å². The van der Waals surface area contributed by atoms with Crippen molar-refractivity contribution in [2.75, 3.05) is 11.4 Å². The topological polar surface area (TPSA) is 58.6 Å². The average molecular weight is 419 g/mol. The number of hydrogen-bond acceptors (Lipinski definition) is 3. The Morgan fingerprint density at radius 3 is 2.52 bits per heavy atom. The predicted molar refractivity (Wildman–Crippen MR) is 123 cm³/mol. The van der Waals surface area contributed by atoms with Crippen LogP contribution in [0.1, 0.15) is 57.6 Å². The molecular weight excluding hydrogens is 388 g/mol.